The molecule has 0 bridgehead atoms. The summed E-state index contributed by atoms with van der Waals surface area (Å²) in [5.41, 5.74) is 0.874. The van der Waals surface area contributed by atoms with E-state index < -0.39 is 0 Å². The number of amides is 2. The Kier molecular flexibility index (Phi) is 8.61. The Morgan fingerprint density at radius 1 is 1.07 bits per heavy atom. The predicted molar refractivity (Wildman–Crippen MR) is 105 cm³/mol. The van der Waals surface area contributed by atoms with E-state index in [2.05, 4.69) is 10.6 Å². The zero-order valence-corrected chi connectivity index (χ0v) is 15.9. The summed E-state index contributed by atoms with van der Waals surface area (Å²) < 4.78 is 10.8. The Morgan fingerprint density at radius 2 is 1.85 bits per heavy atom. The van der Waals surface area contributed by atoms with Crippen LogP contribution in [0.25, 0.3) is 0 Å². The third-order valence-corrected chi connectivity index (χ3v) is 3.82. The van der Waals surface area contributed by atoms with Gasteiger partial charge in [0.05, 0.1) is 17.2 Å². The Bertz CT molecular complexity index is 753. The fourth-order valence-electron chi connectivity index (χ4n) is 2.21. The number of benzene rings is 2. The lowest BCUT2D eigenvalue weighted by Gasteiger charge is -2.10. The molecule has 2 aromatic rings. The topological polar surface area (TPSA) is 76.7 Å². The predicted octanol–water partition coefficient (Wildman–Crippen LogP) is 3.51. The summed E-state index contributed by atoms with van der Waals surface area (Å²) in [4.78, 5) is 23.9. The monoisotopic (exact) mass is 390 g/mol. The number of nitrogens with one attached hydrogen (secondary N) is 2. The molecule has 0 aliphatic carbocycles. The maximum absolute atomic E-state index is 11.9. The van der Waals surface area contributed by atoms with Gasteiger partial charge in [-0.3, -0.25) is 9.59 Å². The standard InChI is InChI=1S/C20H23ClN2O4/c1-2-10-22-20(25)17-9-8-15(13-18(17)21)23-19(24)14-26-11-12-27-16-6-4-3-5-7-16/h3-9,13H,2,10-12,14H2,1H3,(H,22,25)(H,23,24). The van der Waals surface area contributed by atoms with Crippen LogP contribution >= 0.6 is 11.6 Å². The second-order valence-electron chi connectivity index (χ2n) is 5.71. The minimum absolute atomic E-state index is 0.103. The Labute approximate surface area is 163 Å². The van der Waals surface area contributed by atoms with Gasteiger partial charge in [0.2, 0.25) is 5.91 Å². The molecule has 2 amide bonds. The minimum Gasteiger partial charge on any atom is -0.491 e. The van der Waals surface area contributed by atoms with Crippen molar-refractivity contribution in [3.63, 3.8) is 0 Å². The molecule has 27 heavy (non-hydrogen) atoms. The van der Waals surface area contributed by atoms with Crippen molar-refractivity contribution in [3.8, 4) is 5.75 Å². The molecule has 0 heterocycles. The van der Waals surface area contributed by atoms with Crippen molar-refractivity contribution >= 4 is 29.1 Å². The van der Waals surface area contributed by atoms with Gasteiger partial charge in [0.1, 0.15) is 19.0 Å². The summed E-state index contributed by atoms with van der Waals surface area (Å²) in [5.74, 6) is 0.207. The fraction of sp³-hybridized carbons (Fsp3) is 0.300. The van der Waals surface area contributed by atoms with Crippen LogP contribution in [-0.4, -0.2) is 38.2 Å². The average molecular weight is 391 g/mol. The molecule has 0 spiro atoms. The second-order valence-corrected chi connectivity index (χ2v) is 6.12. The lowest BCUT2D eigenvalue weighted by molar-refractivity contribution is -0.120. The Balaban J connectivity index is 1.72. The van der Waals surface area contributed by atoms with Crippen molar-refractivity contribution in [2.24, 2.45) is 0 Å². The molecular weight excluding hydrogens is 368 g/mol. The number of halogens is 1. The van der Waals surface area contributed by atoms with Crippen LogP contribution in [0.3, 0.4) is 0 Å². The van der Waals surface area contributed by atoms with Crippen LogP contribution in [0.5, 0.6) is 5.75 Å². The van der Waals surface area contributed by atoms with Gasteiger partial charge < -0.3 is 20.1 Å². The number of hydrogen-bond acceptors (Lipinski definition) is 4. The quantitative estimate of drug-likeness (QED) is 0.608. The molecule has 0 unspecified atom stereocenters. The van der Waals surface area contributed by atoms with Gasteiger partial charge in [0.15, 0.2) is 0 Å². The van der Waals surface area contributed by atoms with Crippen molar-refractivity contribution < 1.29 is 19.1 Å². The molecule has 2 rings (SSSR count). The van der Waals surface area contributed by atoms with E-state index in [0.717, 1.165) is 12.2 Å². The van der Waals surface area contributed by atoms with Crippen molar-refractivity contribution in [2.45, 2.75) is 13.3 Å². The van der Waals surface area contributed by atoms with Crippen LogP contribution in [0.15, 0.2) is 48.5 Å². The molecule has 0 fully saturated rings. The SMILES string of the molecule is CCCNC(=O)c1ccc(NC(=O)COCCOc2ccccc2)cc1Cl. The number of carbonyl (C=O) groups excluding carboxylic acids is 2. The van der Waals surface area contributed by atoms with Crippen molar-refractivity contribution in [2.75, 3.05) is 31.7 Å². The molecule has 0 radical (unpaired) electrons. The molecule has 0 atom stereocenters. The number of rotatable bonds is 10. The van der Waals surface area contributed by atoms with Gasteiger partial charge in [-0.25, -0.2) is 0 Å². The maximum Gasteiger partial charge on any atom is 0.252 e. The highest BCUT2D eigenvalue weighted by Crippen LogP contribution is 2.21. The van der Waals surface area contributed by atoms with Gasteiger partial charge in [-0.1, -0.05) is 36.7 Å². The number of hydrogen-bond donors (Lipinski definition) is 2. The Morgan fingerprint density at radius 3 is 2.56 bits per heavy atom. The first-order valence-corrected chi connectivity index (χ1v) is 9.11. The maximum atomic E-state index is 11.9. The summed E-state index contributed by atoms with van der Waals surface area (Å²) in [7, 11) is 0. The van der Waals surface area contributed by atoms with E-state index in [1.165, 1.54) is 0 Å². The van der Waals surface area contributed by atoms with Gasteiger partial charge in [-0.15, -0.1) is 0 Å². The van der Waals surface area contributed by atoms with Gasteiger partial charge >= 0.3 is 0 Å². The molecule has 0 aromatic heterocycles. The normalized spacial score (nSPS) is 10.3. The smallest absolute Gasteiger partial charge is 0.252 e. The summed E-state index contributed by atoms with van der Waals surface area (Å²) in [6.45, 7) is 3.09. The molecular formula is C20H23ClN2O4. The molecule has 144 valence electrons. The first-order valence-electron chi connectivity index (χ1n) is 8.73. The highest BCUT2D eigenvalue weighted by molar-refractivity contribution is 6.34. The number of ether oxygens (including phenoxy) is 2. The first-order chi connectivity index (χ1) is 13.1. The summed E-state index contributed by atoms with van der Waals surface area (Å²) in [5, 5.41) is 5.71. The van der Waals surface area contributed by atoms with E-state index in [-0.39, 0.29) is 23.4 Å². The van der Waals surface area contributed by atoms with Gasteiger partial charge in [-0.2, -0.15) is 0 Å². The van der Waals surface area contributed by atoms with Crippen LogP contribution < -0.4 is 15.4 Å². The fourth-order valence-corrected chi connectivity index (χ4v) is 2.47. The van der Waals surface area contributed by atoms with Crippen molar-refractivity contribution in [3.05, 3.63) is 59.1 Å². The molecule has 0 aliphatic rings. The van der Waals surface area contributed by atoms with E-state index in [4.69, 9.17) is 21.1 Å². The zero-order chi connectivity index (χ0) is 19.5. The third kappa shape index (κ3) is 7.29. The summed E-state index contributed by atoms with van der Waals surface area (Å²) in [6, 6.07) is 14.1. The zero-order valence-electron chi connectivity index (χ0n) is 15.2. The van der Waals surface area contributed by atoms with E-state index in [1.54, 1.807) is 18.2 Å². The molecule has 0 aliphatic heterocycles. The largest absolute Gasteiger partial charge is 0.491 e. The molecule has 2 aromatic carbocycles. The third-order valence-electron chi connectivity index (χ3n) is 3.51. The lowest BCUT2D eigenvalue weighted by atomic mass is 10.2. The summed E-state index contributed by atoms with van der Waals surface area (Å²) in [6.07, 6.45) is 0.841. The van der Waals surface area contributed by atoms with Gasteiger partial charge in [0.25, 0.3) is 5.91 Å². The van der Waals surface area contributed by atoms with Crippen molar-refractivity contribution in [1.29, 1.82) is 0 Å². The van der Waals surface area contributed by atoms with Crippen molar-refractivity contribution in [1.82, 2.24) is 5.32 Å². The summed E-state index contributed by atoms with van der Waals surface area (Å²) >= 11 is 6.13. The highest BCUT2D eigenvalue weighted by atomic mass is 35.5. The van der Waals surface area contributed by atoms with E-state index in [9.17, 15) is 9.59 Å². The van der Waals surface area contributed by atoms with E-state index in [0.29, 0.717) is 31.0 Å². The van der Waals surface area contributed by atoms with E-state index >= 15 is 0 Å². The Hall–Kier alpha value is -2.57. The molecule has 0 saturated heterocycles. The first kappa shape index (κ1) is 20.7. The molecule has 0 saturated carbocycles. The molecule has 7 heteroatoms. The number of carbonyl (C=O) groups is 2. The van der Waals surface area contributed by atoms with Crippen LogP contribution in [-0.2, 0) is 9.53 Å². The van der Waals surface area contributed by atoms with Crippen LogP contribution in [0.1, 0.15) is 23.7 Å². The average Bonchev–Trinajstić information content (AvgIpc) is 2.66. The number of anilines is 1. The highest BCUT2D eigenvalue weighted by Gasteiger charge is 2.11. The molecule has 6 nitrogen and oxygen atoms in total. The van der Waals surface area contributed by atoms with Crippen LogP contribution in [0, 0.1) is 0 Å². The molecule has 2 N–H and O–H groups in total. The number of para-hydroxylation sites is 1. The lowest BCUT2D eigenvalue weighted by Crippen LogP contribution is -2.24. The van der Waals surface area contributed by atoms with Gasteiger partial charge in [-0.05, 0) is 36.8 Å². The minimum atomic E-state index is -0.311. The van der Waals surface area contributed by atoms with E-state index in [1.807, 2.05) is 37.3 Å². The second kappa shape index (κ2) is 11.2. The van der Waals surface area contributed by atoms with Crippen LogP contribution in [0.2, 0.25) is 5.02 Å². The van der Waals surface area contributed by atoms with Crippen LogP contribution in [0.4, 0.5) is 5.69 Å². The van der Waals surface area contributed by atoms with Gasteiger partial charge in [0, 0.05) is 12.2 Å².